The number of anilines is 2. The molecule has 0 unspecified atom stereocenters. The van der Waals surface area contributed by atoms with Crippen molar-refractivity contribution < 1.29 is 14.4 Å². The molecular weight excluding hydrogens is 406 g/mol. The number of nitrogens with zero attached hydrogens (tertiary/aromatic N) is 2. The predicted octanol–water partition coefficient (Wildman–Crippen LogP) is 2.87. The molecule has 0 bridgehead atoms. The maximum Gasteiger partial charge on any atom is 0.313 e. The highest BCUT2D eigenvalue weighted by Gasteiger charge is 2.39. The molecule has 2 aromatic rings. The maximum absolute atomic E-state index is 13.3. The summed E-state index contributed by atoms with van der Waals surface area (Å²) >= 11 is 0. The molecule has 1 fully saturated rings. The van der Waals surface area contributed by atoms with E-state index in [-0.39, 0.29) is 22.7 Å². The highest BCUT2D eigenvalue weighted by Crippen LogP contribution is 2.40. The van der Waals surface area contributed by atoms with E-state index < -0.39 is 17.7 Å². The first-order valence-electron chi connectivity index (χ1n) is 11.0. The van der Waals surface area contributed by atoms with Gasteiger partial charge in [-0.1, -0.05) is 26.0 Å². The van der Waals surface area contributed by atoms with E-state index in [1.54, 1.807) is 4.90 Å². The third-order valence-electron chi connectivity index (χ3n) is 6.26. The lowest BCUT2D eigenvalue weighted by Gasteiger charge is -2.43. The molecular formula is C24H29N5O3. The average Bonchev–Trinajstić information content (AvgIpc) is 2.77. The zero-order chi connectivity index (χ0) is 22.9. The fourth-order valence-corrected chi connectivity index (χ4v) is 4.55. The molecule has 4 N–H and O–H groups in total. The number of hydrogen-bond acceptors (Lipinski definition) is 5. The number of carbonyl (C=O) groups is 3. The molecule has 0 saturated carbocycles. The summed E-state index contributed by atoms with van der Waals surface area (Å²) in [6, 6.07) is 7.55. The number of benzene rings is 1. The lowest BCUT2D eigenvalue weighted by atomic mass is 9.79. The van der Waals surface area contributed by atoms with Gasteiger partial charge in [0.25, 0.3) is 0 Å². The third-order valence-corrected chi connectivity index (χ3v) is 6.26. The standard InChI is InChI=1S/C24H29N5O3/c1-24(2)8-7-20(16-5-6-19-15(10-16)4-3-9-27-19)29(14-24)23(32)22(31)28-18-11-17(21(25)30)12-26-13-18/h5-6,10-13,20,27H,3-4,7-9,14H2,1-2H3,(H2,25,30)(H,28,31)/t20-/m0/s1. The Morgan fingerprint density at radius 3 is 2.81 bits per heavy atom. The zero-order valence-electron chi connectivity index (χ0n) is 18.5. The summed E-state index contributed by atoms with van der Waals surface area (Å²) in [6.07, 6.45) is 6.53. The smallest absolute Gasteiger partial charge is 0.313 e. The summed E-state index contributed by atoms with van der Waals surface area (Å²) in [5.41, 5.74) is 9.07. The number of primary amides is 1. The minimum atomic E-state index is -0.754. The van der Waals surface area contributed by atoms with Gasteiger partial charge in [-0.2, -0.15) is 0 Å². The number of nitrogens with two attached hydrogens (primary N) is 1. The first-order valence-corrected chi connectivity index (χ1v) is 11.0. The number of hydrogen-bond donors (Lipinski definition) is 3. The van der Waals surface area contributed by atoms with E-state index in [1.807, 2.05) is 0 Å². The summed E-state index contributed by atoms with van der Waals surface area (Å²) in [4.78, 5) is 43.1. The average molecular weight is 436 g/mol. The van der Waals surface area contributed by atoms with Crippen LogP contribution >= 0.6 is 0 Å². The van der Waals surface area contributed by atoms with Crippen LogP contribution in [0.1, 0.15) is 60.6 Å². The quantitative estimate of drug-likeness (QED) is 0.641. The van der Waals surface area contributed by atoms with E-state index in [9.17, 15) is 14.4 Å². The lowest BCUT2D eigenvalue weighted by molar-refractivity contribution is -0.147. The second kappa shape index (κ2) is 8.61. The molecule has 2 aliphatic heterocycles. The monoisotopic (exact) mass is 435 g/mol. The van der Waals surface area contributed by atoms with E-state index >= 15 is 0 Å². The molecule has 4 rings (SSSR count). The van der Waals surface area contributed by atoms with Crippen molar-refractivity contribution in [1.29, 1.82) is 0 Å². The van der Waals surface area contributed by atoms with E-state index in [0.717, 1.165) is 43.5 Å². The second-order valence-electron chi connectivity index (χ2n) is 9.38. The molecule has 1 saturated heterocycles. The van der Waals surface area contributed by atoms with Gasteiger partial charge in [0, 0.05) is 25.0 Å². The first kappa shape index (κ1) is 21.8. The van der Waals surface area contributed by atoms with Crippen LogP contribution in [0.3, 0.4) is 0 Å². The lowest BCUT2D eigenvalue weighted by Crippen LogP contribution is -2.49. The van der Waals surface area contributed by atoms with Crippen LogP contribution in [-0.2, 0) is 16.0 Å². The molecule has 2 aliphatic rings. The third kappa shape index (κ3) is 4.59. The van der Waals surface area contributed by atoms with Gasteiger partial charge in [0.15, 0.2) is 0 Å². The summed E-state index contributed by atoms with van der Waals surface area (Å²) in [5, 5.41) is 5.99. The van der Waals surface area contributed by atoms with Crippen LogP contribution in [0.5, 0.6) is 0 Å². The van der Waals surface area contributed by atoms with Crippen molar-refractivity contribution in [1.82, 2.24) is 9.88 Å². The van der Waals surface area contributed by atoms with Crippen molar-refractivity contribution in [3.63, 3.8) is 0 Å². The normalized spacial score (nSPS) is 19.4. The molecule has 8 heteroatoms. The molecule has 0 aliphatic carbocycles. The van der Waals surface area contributed by atoms with Gasteiger partial charge in [-0.3, -0.25) is 19.4 Å². The topological polar surface area (TPSA) is 117 Å². The van der Waals surface area contributed by atoms with Crippen molar-refractivity contribution in [2.24, 2.45) is 11.1 Å². The van der Waals surface area contributed by atoms with Gasteiger partial charge in [-0.25, -0.2) is 0 Å². The highest BCUT2D eigenvalue weighted by atomic mass is 16.2. The molecule has 1 atom stereocenters. The van der Waals surface area contributed by atoms with E-state index in [4.69, 9.17) is 5.73 Å². The molecule has 32 heavy (non-hydrogen) atoms. The van der Waals surface area contributed by atoms with Crippen LogP contribution in [0.2, 0.25) is 0 Å². The Morgan fingerprint density at radius 1 is 1.22 bits per heavy atom. The Hall–Kier alpha value is -3.42. The molecule has 8 nitrogen and oxygen atoms in total. The van der Waals surface area contributed by atoms with Crippen molar-refractivity contribution in [2.45, 2.75) is 45.6 Å². The molecule has 3 heterocycles. The molecule has 168 valence electrons. The number of piperidine rings is 1. The molecule has 3 amide bonds. The van der Waals surface area contributed by atoms with Crippen molar-refractivity contribution in [3.8, 4) is 0 Å². The van der Waals surface area contributed by atoms with Gasteiger partial charge in [0.05, 0.1) is 23.5 Å². The predicted molar refractivity (Wildman–Crippen MR) is 122 cm³/mol. The largest absolute Gasteiger partial charge is 0.385 e. The molecule has 0 spiro atoms. The molecule has 0 radical (unpaired) electrons. The van der Waals surface area contributed by atoms with Crippen LogP contribution in [-0.4, -0.2) is 40.7 Å². The number of carbonyl (C=O) groups excluding carboxylic acids is 3. The number of amides is 3. The SMILES string of the molecule is CC1(C)CC[C@@H](c2ccc3c(c2)CCCN3)N(C(=O)C(=O)Nc2cncc(C(N)=O)c2)C1. The summed E-state index contributed by atoms with van der Waals surface area (Å²) < 4.78 is 0. The Kier molecular flexibility index (Phi) is 5.86. The summed E-state index contributed by atoms with van der Waals surface area (Å²) in [7, 11) is 0. The zero-order valence-corrected chi connectivity index (χ0v) is 18.5. The van der Waals surface area contributed by atoms with E-state index in [0.29, 0.717) is 6.54 Å². The maximum atomic E-state index is 13.3. The van der Waals surface area contributed by atoms with Crippen LogP contribution < -0.4 is 16.4 Å². The Labute approximate surface area is 187 Å². The van der Waals surface area contributed by atoms with Gasteiger partial charge < -0.3 is 21.3 Å². The molecule has 1 aromatic heterocycles. The first-order chi connectivity index (χ1) is 15.2. The number of likely N-dealkylation sites (tertiary alicyclic amines) is 1. The van der Waals surface area contributed by atoms with E-state index in [2.05, 4.69) is 47.7 Å². The minimum absolute atomic E-state index is 0.0877. The van der Waals surface area contributed by atoms with Gasteiger partial charge in [0.2, 0.25) is 5.91 Å². The Bertz CT molecular complexity index is 1070. The minimum Gasteiger partial charge on any atom is -0.385 e. The van der Waals surface area contributed by atoms with Gasteiger partial charge in [0.1, 0.15) is 0 Å². The number of nitrogens with one attached hydrogen (secondary N) is 2. The number of aryl methyl sites for hydroxylation is 1. The van der Waals surface area contributed by atoms with Crippen LogP contribution in [0.4, 0.5) is 11.4 Å². The molecule has 1 aromatic carbocycles. The van der Waals surface area contributed by atoms with Crippen LogP contribution in [0.25, 0.3) is 0 Å². The fourth-order valence-electron chi connectivity index (χ4n) is 4.55. The van der Waals surface area contributed by atoms with Crippen molar-refractivity contribution >= 4 is 29.1 Å². The summed E-state index contributed by atoms with van der Waals surface area (Å²) in [5.74, 6) is -2.00. The highest BCUT2D eigenvalue weighted by molar-refractivity contribution is 6.39. The van der Waals surface area contributed by atoms with Crippen LogP contribution in [0, 0.1) is 5.41 Å². The number of pyridine rings is 1. The van der Waals surface area contributed by atoms with E-state index in [1.165, 1.54) is 24.0 Å². The van der Waals surface area contributed by atoms with Gasteiger partial charge in [-0.05, 0) is 54.4 Å². The van der Waals surface area contributed by atoms with Gasteiger partial charge >= 0.3 is 11.8 Å². The van der Waals surface area contributed by atoms with Crippen LogP contribution in [0.15, 0.2) is 36.7 Å². The second-order valence-corrected chi connectivity index (χ2v) is 9.38. The van der Waals surface area contributed by atoms with Crippen molar-refractivity contribution in [2.75, 3.05) is 23.7 Å². The van der Waals surface area contributed by atoms with Crippen molar-refractivity contribution in [3.05, 3.63) is 53.3 Å². The Morgan fingerprint density at radius 2 is 2.03 bits per heavy atom. The number of rotatable bonds is 3. The number of aromatic nitrogens is 1. The Balaban J connectivity index is 1.57. The number of fused-ring (bicyclic) bond motifs is 1. The van der Waals surface area contributed by atoms with Gasteiger partial charge in [-0.15, -0.1) is 0 Å². The summed E-state index contributed by atoms with van der Waals surface area (Å²) in [6.45, 7) is 5.68. The fraction of sp³-hybridized carbons (Fsp3) is 0.417.